The Morgan fingerprint density at radius 3 is 2.79 bits per heavy atom. The number of hydrogen-bond acceptors (Lipinski definition) is 3. The van der Waals surface area contributed by atoms with Crippen LogP contribution in [0.25, 0.3) is 0 Å². The number of amides is 1. The third kappa shape index (κ3) is 3.78. The summed E-state index contributed by atoms with van der Waals surface area (Å²) in [5.74, 6) is 0.494. The number of nitrogens with two attached hydrogens (primary N) is 1. The van der Waals surface area contributed by atoms with E-state index in [4.69, 9.17) is 10.5 Å². The third-order valence-electron chi connectivity index (χ3n) is 3.78. The fourth-order valence-electron chi connectivity index (χ4n) is 2.45. The van der Waals surface area contributed by atoms with Crippen molar-refractivity contribution >= 4 is 5.91 Å². The number of carbonyl (C=O) groups excluding carboxylic acids is 1. The Morgan fingerprint density at radius 2 is 2.16 bits per heavy atom. The molecule has 2 atom stereocenters. The van der Waals surface area contributed by atoms with Gasteiger partial charge in [0, 0.05) is 25.6 Å². The van der Waals surface area contributed by atoms with Gasteiger partial charge < -0.3 is 15.8 Å². The second-order valence-corrected chi connectivity index (χ2v) is 5.08. The summed E-state index contributed by atoms with van der Waals surface area (Å²) < 4.78 is 5.48. The molecule has 3 N–H and O–H groups in total. The Bertz CT molecular complexity index is 434. The lowest BCUT2D eigenvalue weighted by Crippen LogP contribution is -2.33. The van der Waals surface area contributed by atoms with Gasteiger partial charge in [-0.25, -0.2) is 0 Å². The first-order valence-electron chi connectivity index (χ1n) is 6.86. The van der Waals surface area contributed by atoms with Crippen molar-refractivity contribution < 1.29 is 9.53 Å². The minimum absolute atomic E-state index is 0.0556. The van der Waals surface area contributed by atoms with Crippen molar-refractivity contribution in [3.8, 4) is 0 Å². The number of ether oxygens (including phenoxy) is 1. The maximum Gasteiger partial charge on any atom is 0.224 e. The summed E-state index contributed by atoms with van der Waals surface area (Å²) in [5.41, 5.74) is 7.72. The molecule has 0 aromatic heterocycles. The van der Waals surface area contributed by atoms with Gasteiger partial charge in [-0.05, 0) is 24.5 Å². The predicted octanol–water partition coefficient (Wildman–Crippen LogP) is 1.23. The number of rotatable bonds is 5. The van der Waals surface area contributed by atoms with E-state index in [1.54, 1.807) is 0 Å². The summed E-state index contributed by atoms with van der Waals surface area (Å²) in [6.45, 7) is 4.03. The Kier molecular flexibility index (Phi) is 4.93. The quantitative estimate of drug-likeness (QED) is 0.839. The van der Waals surface area contributed by atoms with Gasteiger partial charge in [0.2, 0.25) is 5.91 Å². The highest BCUT2D eigenvalue weighted by Gasteiger charge is 2.24. The van der Waals surface area contributed by atoms with Crippen LogP contribution < -0.4 is 11.1 Å². The molecule has 1 heterocycles. The smallest absolute Gasteiger partial charge is 0.224 e. The predicted molar refractivity (Wildman–Crippen MR) is 74.6 cm³/mol. The maximum atomic E-state index is 12.0. The summed E-state index contributed by atoms with van der Waals surface area (Å²) in [5, 5.41) is 3.00. The van der Waals surface area contributed by atoms with Crippen LogP contribution in [0.5, 0.6) is 0 Å². The van der Waals surface area contributed by atoms with E-state index in [9.17, 15) is 4.79 Å². The molecular formula is C15H22N2O2. The molecule has 4 heteroatoms. The lowest BCUT2D eigenvalue weighted by Gasteiger charge is -2.15. The normalized spacial score (nSPS) is 22.4. The monoisotopic (exact) mass is 262 g/mol. The van der Waals surface area contributed by atoms with Crippen LogP contribution >= 0.6 is 0 Å². The molecule has 104 valence electrons. The van der Waals surface area contributed by atoms with E-state index in [-0.39, 0.29) is 12.0 Å². The molecule has 0 aliphatic carbocycles. The highest BCUT2D eigenvalue weighted by molar-refractivity contribution is 5.78. The molecule has 0 saturated carbocycles. The van der Waals surface area contributed by atoms with Gasteiger partial charge in [0.05, 0.1) is 12.5 Å². The molecular weight excluding hydrogens is 240 g/mol. The average molecular weight is 262 g/mol. The highest BCUT2D eigenvalue weighted by atomic mass is 16.5. The van der Waals surface area contributed by atoms with Crippen LogP contribution in [-0.2, 0) is 22.5 Å². The summed E-state index contributed by atoms with van der Waals surface area (Å²) in [7, 11) is 0. The molecule has 19 heavy (non-hydrogen) atoms. The number of hydrogen-bond donors (Lipinski definition) is 2. The number of nitrogens with one attached hydrogen (secondary N) is 1. The lowest BCUT2D eigenvalue weighted by atomic mass is 10.0. The standard InChI is InChI=1S/C15H22N2O2/c1-11-14(6-7-19-11)10-17-15(18)8-12-4-2-3-5-13(12)9-16/h2-5,11,14H,6-10,16H2,1H3,(H,17,18). The zero-order chi connectivity index (χ0) is 13.7. The van der Waals surface area contributed by atoms with Crippen LogP contribution in [-0.4, -0.2) is 25.2 Å². The van der Waals surface area contributed by atoms with Gasteiger partial charge in [-0.15, -0.1) is 0 Å². The maximum absolute atomic E-state index is 12.0. The van der Waals surface area contributed by atoms with Crippen LogP contribution in [0.3, 0.4) is 0 Å². The first kappa shape index (κ1) is 14.0. The highest BCUT2D eigenvalue weighted by Crippen LogP contribution is 2.19. The molecule has 2 unspecified atom stereocenters. The molecule has 4 nitrogen and oxygen atoms in total. The van der Waals surface area contributed by atoms with Crippen molar-refractivity contribution in [3.05, 3.63) is 35.4 Å². The topological polar surface area (TPSA) is 64.3 Å². The first-order chi connectivity index (χ1) is 9.20. The molecule has 0 spiro atoms. The fourth-order valence-corrected chi connectivity index (χ4v) is 2.45. The van der Waals surface area contributed by atoms with Crippen LogP contribution in [0.1, 0.15) is 24.5 Å². The van der Waals surface area contributed by atoms with Crippen LogP contribution in [0.15, 0.2) is 24.3 Å². The fraction of sp³-hybridized carbons (Fsp3) is 0.533. The van der Waals surface area contributed by atoms with E-state index in [2.05, 4.69) is 12.2 Å². The van der Waals surface area contributed by atoms with Crippen molar-refractivity contribution in [1.29, 1.82) is 0 Å². The SMILES string of the molecule is CC1OCCC1CNC(=O)Cc1ccccc1CN. The summed E-state index contributed by atoms with van der Waals surface area (Å²) in [6.07, 6.45) is 1.67. The molecule has 1 aromatic rings. The van der Waals surface area contributed by atoms with Gasteiger partial charge in [0.15, 0.2) is 0 Å². The van der Waals surface area contributed by atoms with E-state index < -0.39 is 0 Å². The summed E-state index contributed by atoms with van der Waals surface area (Å²) in [6, 6.07) is 7.81. The van der Waals surface area contributed by atoms with Gasteiger partial charge in [0.25, 0.3) is 0 Å². The molecule has 1 saturated heterocycles. The molecule has 1 aliphatic heterocycles. The zero-order valence-electron chi connectivity index (χ0n) is 11.4. The third-order valence-corrected chi connectivity index (χ3v) is 3.78. The van der Waals surface area contributed by atoms with Gasteiger partial charge in [-0.3, -0.25) is 4.79 Å². The average Bonchev–Trinajstić information content (AvgIpc) is 2.82. The van der Waals surface area contributed by atoms with Crippen LogP contribution in [0.2, 0.25) is 0 Å². The Labute approximate surface area is 114 Å². The largest absolute Gasteiger partial charge is 0.378 e. The van der Waals surface area contributed by atoms with Crippen molar-refractivity contribution in [2.24, 2.45) is 11.7 Å². The zero-order valence-corrected chi connectivity index (χ0v) is 11.4. The minimum Gasteiger partial charge on any atom is -0.378 e. The van der Waals surface area contributed by atoms with Gasteiger partial charge >= 0.3 is 0 Å². The van der Waals surface area contributed by atoms with Crippen molar-refractivity contribution in [1.82, 2.24) is 5.32 Å². The van der Waals surface area contributed by atoms with E-state index >= 15 is 0 Å². The Hall–Kier alpha value is -1.39. The van der Waals surface area contributed by atoms with E-state index in [0.29, 0.717) is 25.4 Å². The van der Waals surface area contributed by atoms with Crippen molar-refractivity contribution in [2.75, 3.05) is 13.2 Å². The second kappa shape index (κ2) is 6.68. The molecule has 1 amide bonds. The number of carbonyl (C=O) groups is 1. The Morgan fingerprint density at radius 1 is 1.42 bits per heavy atom. The van der Waals surface area contributed by atoms with Crippen LogP contribution in [0.4, 0.5) is 0 Å². The van der Waals surface area contributed by atoms with Gasteiger partial charge in [-0.1, -0.05) is 24.3 Å². The molecule has 1 aromatic carbocycles. The van der Waals surface area contributed by atoms with Gasteiger partial charge in [0.1, 0.15) is 0 Å². The minimum atomic E-state index is 0.0556. The van der Waals surface area contributed by atoms with Crippen LogP contribution in [0, 0.1) is 5.92 Å². The van der Waals surface area contributed by atoms with E-state index in [1.807, 2.05) is 24.3 Å². The molecule has 0 bridgehead atoms. The number of benzene rings is 1. The van der Waals surface area contributed by atoms with E-state index in [1.165, 1.54) is 0 Å². The molecule has 2 rings (SSSR count). The molecule has 1 aliphatic rings. The van der Waals surface area contributed by atoms with E-state index in [0.717, 1.165) is 24.2 Å². The molecule has 0 radical (unpaired) electrons. The molecule has 1 fully saturated rings. The Balaban J connectivity index is 1.84. The van der Waals surface area contributed by atoms with Gasteiger partial charge in [-0.2, -0.15) is 0 Å². The first-order valence-corrected chi connectivity index (χ1v) is 6.86. The van der Waals surface area contributed by atoms with Crippen molar-refractivity contribution in [2.45, 2.75) is 32.4 Å². The lowest BCUT2D eigenvalue weighted by molar-refractivity contribution is -0.120. The summed E-state index contributed by atoms with van der Waals surface area (Å²) in [4.78, 5) is 12.0. The second-order valence-electron chi connectivity index (χ2n) is 5.08. The summed E-state index contributed by atoms with van der Waals surface area (Å²) >= 11 is 0. The van der Waals surface area contributed by atoms with Crippen molar-refractivity contribution in [3.63, 3.8) is 0 Å².